The second kappa shape index (κ2) is 8.81. The number of hydrogen-bond donors (Lipinski definition) is 1. The van der Waals surface area contributed by atoms with Crippen LogP contribution in [0, 0.1) is 11.3 Å². The molecular weight excluding hydrogens is 410 g/mol. The van der Waals surface area contributed by atoms with Gasteiger partial charge in [-0.25, -0.2) is 4.98 Å². The van der Waals surface area contributed by atoms with Crippen LogP contribution >= 0.6 is 27.3 Å². The van der Waals surface area contributed by atoms with E-state index in [2.05, 4.69) is 31.9 Å². The van der Waals surface area contributed by atoms with Crippen molar-refractivity contribution < 1.29 is 5.11 Å². The topological polar surface area (TPSA) is 60.1 Å². The molecule has 1 fully saturated rings. The number of nitriles is 1. The van der Waals surface area contributed by atoms with Crippen molar-refractivity contribution >= 4 is 32.8 Å². The lowest BCUT2D eigenvalue weighted by molar-refractivity contribution is 0.184. The fourth-order valence-electron chi connectivity index (χ4n) is 3.34. The Morgan fingerprint density at radius 3 is 2.65 bits per heavy atom. The van der Waals surface area contributed by atoms with Gasteiger partial charge in [0, 0.05) is 21.5 Å². The van der Waals surface area contributed by atoms with Crippen LogP contribution in [-0.2, 0) is 0 Å². The van der Waals surface area contributed by atoms with Gasteiger partial charge in [0.05, 0.1) is 12.2 Å². The number of aliphatic hydroxyl groups excluding tert-OH is 1. The summed E-state index contributed by atoms with van der Waals surface area (Å²) >= 11 is 4.82. The summed E-state index contributed by atoms with van der Waals surface area (Å²) in [4.78, 5) is 6.73. The van der Waals surface area contributed by atoms with Crippen LogP contribution in [-0.4, -0.2) is 34.6 Å². The number of allylic oxidation sites excluding steroid dienone is 1. The highest BCUT2D eigenvalue weighted by Gasteiger charge is 2.21. The molecule has 1 saturated carbocycles. The van der Waals surface area contributed by atoms with Gasteiger partial charge in [-0.2, -0.15) is 5.26 Å². The van der Waals surface area contributed by atoms with E-state index in [0.717, 1.165) is 28.6 Å². The molecule has 0 atom stereocenters. The predicted octanol–water partition coefficient (Wildman–Crippen LogP) is 5.63. The van der Waals surface area contributed by atoms with Gasteiger partial charge >= 0.3 is 0 Å². The van der Waals surface area contributed by atoms with Crippen LogP contribution in [0.25, 0.3) is 16.8 Å². The second-order valence-corrected chi connectivity index (χ2v) is 8.46. The first-order chi connectivity index (χ1) is 12.6. The fraction of sp³-hybridized carbons (Fsp3) is 0.400. The summed E-state index contributed by atoms with van der Waals surface area (Å²) in [5.74, 6) is 0.109. The zero-order chi connectivity index (χ0) is 18.5. The fourth-order valence-corrected chi connectivity index (χ4v) is 4.45. The Bertz CT molecular complexity index is 816. The third-order valence-electron chi connectivity index (χ3n) is 4.86. The van der Waals surface area contributed by atoms with Gasteiger partial charge < -0.3 is 5.11 Å². The predicted molar refractivity (Wildman–Crippen MR) is 110 cm³/mol. The van der Waals surface area contributed by atoms with E-state index >= 15 is 0 Å². The van der Waals surface area contributed by atoms with Crippen molar-refractivity contribution in [1.29, 1.82) is 5.26 Å². The van der Waals surface area contributed by atoms with Gasteiger partial charge in [-0.05, 0) is 32.0 Å². The molecule has 0 saturated heterocycles. The first kappa shape index (κ1) is 19.1. The van der Waals surface area contributed by atoms with Gasteiger partial charge in [0.25, 0.3) is 0 Å². The molecule has 0 radical (unpaired) electrons. The average molecular weight is 432 g/mol. The lowest BCUT2D eigenvalue weighted by atomic mass is 9.94. The SMILES string of the molecule is CN(CC(O)=C(C#N)c1nc(-c2ccc(Br)cc2)cs1)C1CCCCC1. The van der Waals surface area contributed by atoms with Gasteiger partial charge in [0.1, 0.15) is 22.4 Å². The van der Waals surface area contributed by atoms with Gasteiger partial charge in [-0.1, -0.05) is 47.3 Å². The summed E-state index contributed by atoms with van der Waals surface area (Å²) in [5, 5.41) is 22.6. The first-order valence-electron chi connectivity index (χ1n) is 8.82. The summed E-state index contributed by atoms with van der Waals surface area (Å²) < 4.78 is 1.01. The molecule has 0 amide bonds. The van der Waals surface area contributed by atoms with Gasteiger partial charge in [0.15, 0.2) is 0 Å². The highest BCUT2D eigenvalue weighted by molar-refractivity contribution is 9.10. The molecule has 1 aromatic carbocycles. The first-order valence-corrected chi connectivity index (χ1v) is 10.5. The van der Waals surface area contributed by atoms with Gasteiger partial charge in [0.2, 0.25) is 0 Å². The molecule has 0 spiro atoms. The van der Waals surface area contributed by atoms with E-state index in [1.165, 1.54) is 30.6 Å². The Balaban J connectivity index is 1.78. The number of aliphatic hydroxyl groups is 1. The van der Waals surface area contributed by atoms with Crippen molar-refractivity contribution in [3.05, 3.63) is 44.9 Å². The molecule has 0 unspecified atom stereocenters. The lowest BCUT2D eigenvalue weighted by Crippen LogP contribution is -2.35. The second-order valence-electron chi connectivity index (χ2n) is 6.69. The number of thiazole rings is 1. The molecule has 136 valence electrons. The molecule has 0 aliphatic heterocycles. The monoisotopic (exact) mass is 431 g/mol. The molecule has 1 aromatic heterocycles. The van der Waals surface area contributed by atoms with Crippen molar-refractivity contribution in [3.8, 4) is 17.3 Å². The van der Waals surface area contributed by atoms with Crippen LogP contribution in [0.1, 0.15) is 37.1 Å². The third-order valence-corrected chi connectivity index (χ3v) is 6.24. The molecule has 3 rings (SSSR count). The van der Waals surface area contributed by atoms with Crippen LogP contribution in [0.3, 0.4) is 0 Å². The summed E-state index contributed by atoms with van der Waals surface area (Å²) in [6.45, 7) is 0.390. The minimum absolute atomic E-state index is 0.109. The molecule has 1 aliphatic carbocycles. The molecule has 6 heteroatoms. The summed E-state index contributed by atoms with van der Waals surface area (Å²) in [5.41, 5.74) is 2.09. The van der Waals surface area contributed by atoms with Crippen LogP contribution in [0.4, 0.5) is 0 Å². The number of rotatable bonds is 5. The Labute approximate surface area is 166 Å². The smallest absolute Gasteiger partial charge is 0.138 e. The normalized spacial score (nSPS) is 16.4. The van der Waals surface area contributed by atoms with E-state index < -0.39 is 0 Å². The Morgan fingerprint density at radius 1 is 1.31 bits per heavy atom. The average Bonchev–Trinajstić information content (AvgIpc) is 3.13. The molecule has 1 N–H and O–H groups in total. The maximum atomic E-state index is 10.6. The third kappa shape index (κ3) is 4.53. The van der Waals surface area contributed by atoms with E-state index in [1.54, 1.807) is 0 Å². The van der Waals surface area contributed by atoms with Crippen LogP contribution < -0.4 is 0 Å². The van der Waals surface area contributed by atoms with E-state index in [1.807, 2.05) is 36.7 Å². The zero-order valence-corrected chi connectivity index (χ0v) is 17.2. The standard InChI is InChI=1S/C20H22BrN3OS/c1-24(16-5-3-2-4-6-16)12-19(25)17(11-22)20-23-18(13-26-20)14-7-9-15(21)10-8-14/h7-10,13,16,25H,2-6,12H2,1H3. The van der Waals surface area contributed by atoms with Crippen LogP contribution in [0.2, 0.25) is 0 Å². The summed E-state index contributed by atoms with van der Waals surface area (Å²) in [7, 11) is 2.02. The van der Waals surface area contributed by atoms with Gasteiger partial charge in [-0.15, -0.1) is 11.3 Å². The highest BCUT2D eigenvalue weighted by Crippen LogP contribution is 2.29. The van der Waals surface area contributed by atoms with E-state index in [4.69, 9.17) is 0 Å². The summed E-state index contributed by atoms with van der Waals surface area (Å²) in [6, 6.07) is 10.5. The maximum Gasteiger partial charge on any atom is 0.138 e. The minimum atomic E-state index is 0.109. The maximum absolute atomic E-state index is 10.6. The number of nitrogens with zero attached hydrogens (tertiary/aromatic N) is 3. The molecular formula is C20H22BrN3OS. The molecule has 1 aliphatic rings. The Kier molecular flexibility index (Phi) is 6.47. The number of aromatic nitrogens is 1. The molecule has 1 heterocycles. The largest absolute Gasteiger partial charge is 0.509 e. The van der Waals surface area contributed by atoms with Gasteiger partial charge in [-0.3, -0.25) is 4.90 Å². The molecule has 2 aromatic rings. The van der Waals surface area contributed by atoms with Crippen molar-refractivity contribution in [2.75, 3.05) is 13.6 Å². The van der Waals surface area contributed by atoms with E-state index in [9.17, 15) is 10.4 Å². The molecule has 4 nitrogen and oxygen atoms in total. The van der Waals surface area contributed by atoms with Crippen molar-refractivity contribution in [2.45, 2.75) is 38.1 Å². The van der Waals surface area contributed by atoms with Crippen LogP contribution in [0.15, 0.2) is 39.9 Å². The minimum Gasteiger partial charge on any atom is -0.509 e. The lowest BCUT2D eigenvalue weighted by Gasteiger charge is -2.30. The number of halogens is 1. The molecule has 0 bridgehead atoms. The van der Waals surface area contributed by atoms with Crippen molar-refractivity contribution in [3.63, 3.8) is 0 Å². The molecule has 26 heavy (non-hydrogen) atoms. The quantitative estimate of drug-likeness (QED) is 0.492. The van der Waals surface area contributed by atoms with Crippen molar-refractivity contribution in [2.24, 2.45) is 0 Å². The zero-order valence-electron chi connectivity index (χ0n) is 14.8. The number of benzene rings is 1. The van der Waals surface area contributed by atoms with E-state index in [0.29, 0.717) is 17.6 Å². The van der Waals surface area contributed by atoms with Crippen LogP contribution in [0.5, 0.6) is 0 Å². The number of likely N-dealkylation sites (N-methyl/N-ethyl adjacent to an activating group) is 1. The number of hydrogen-bond acceptors (Lipinski definition) is 5. The highest BCUT2D eigenvalue weighted by atomic mass is 79.9. The van der Waals surface area contributed by atoms with E-state index in [-0.39, 0.29) is 11.3 Å². The Morgan fingerprint density at radius 2 is 2.00 bits per heavy atom. The van der Waals surface area contributed by atoms with Crippen molar-refractivity contribution in [1.82, 2.24) is 9.88 Å². The Hall–Kier alpha value is -1.68. The summed E-state index contributed by atoms with van der Waals surface area (Å²) in [6.07, 6.45) is 6.11.